The summed E-state index contributed by atoms with van der Waals surface area (Å²) >= 11 is 0. The van der Waals surface area contributed by atoms with Crippen LogP contribution in [0.25, 0.3) is 0 Å². The number of allylic oxidation sites excluding steroid dienone is 1. The van der Waals surface area contributed by atoms with Gasteiger partial charge in [0, 0.05) is 0 Å². The van der Waals surface area contributed by atoms with E-state index in [9.17, 15) is 0 Å². The molecule has 1 rings (SSSR count). The second-order valence-electron chi connectivity index (χ2n) is 6.67. The summed E-state index contributed by atoms with van der Waals surface area (Å²) in [6.45, 7) is 12.2. The quantitative estimate of drug-likeness (QED) is 0.332. The van der Waals surface area contributed by atoms with Crippen molar-refractivity contribution in [2.45, 2.75) is 90.2 Å². The Kier molecular flexibility index (Phi) is 6.62. The molecule has 3 heteroatoms. The summed E-state index contributed by atoms with van der Waals surface area (Å²) in [5.41, 5.74) is -0.356. The lowest BCUT2D eigenvalue weighted by Crippen LogP contribution is -2.41. The molecule has 0 spiro atoms. The molecule has 1 aliphatic rings. The van der Waals surface area contributed by atoms with Crippen molar-refractivity contribution < 1.29 is 9.31 Å². The molecule has 1 aliphatic heterocycles. The Bertz CT molecular complexity index is 258. The van der Waals surface area contributed by atoms with Gasteiger partial charge in [0.2, 0.25) is 0 Å². The van der Waals surface area contributed by atoms with E-state index in [0.717, 1.165) is 12.7 Å². The molecule has 0 aromatic heterocycles. The van der Waals surface area contributed by atoms with Gasteiger partial charge in [0.05, 0.1) is 11.2 Å². The molecule has 0 aliphatic carbocycles. The first-order valence-corrected chi connectivity index (χ1v) is 7.85. The van der Waals surface area contributed by atoms with Crippen LogP contribution in [0.5, 0.6) is 0 Å². The minimum atomic E-state index is -0.178. The van der Waals surface area contributed by atoms with E-state index in [1.807, 2.05) is 6.08 Å². The summed E-state index contributed by atoms with van der Waals surface area (Å²) in [5, 5.41) is 0. The fraction of sp³-hybridized carbons (Fsp3) is 0.875. The van der Waals surface area contributed by atoms with Gasteiger partial charge >= 0.3 is 7.12 Å². The first-order chi connectivity index (χ1) is 8.89. The largest absolute Gasteiger partial charge is 0.457 e. The van der Waals surface area contributed by atoms with Crippen LogP contribution in [-0.4, -0.2) is 18.3 Å². The Balaban J connectivity index is 2.04. The second kappa shape index (κ2) is 7.49. The van der Waals surface area contributed by atoms with Crippen molar-refractivity contribution in [3.05, 3.63) is 12.7 Å². The molecule has 0 aromatic rings. The molecule has 1 heterocycles. The first-order valence-electron chi connectivity index (χ1n) is 7.85. The molecule has 19 heavy (non-hydrogen) atoms. The maximum absolute atomic E-state index is 5.99. The summed E-state index contributed by atoms with van der Waals surface area (Å²) in [6, 6.07) is 0. The third-order valence-electron chi connectivity index (χ3n) is 4.40. The molecule has 0 amide bonds. The minimum Gasteiger partial charge on any atom is -0.403 e. The Morgan fingerprint density at radius 1 is 0.842 bits per heavy atom. The van der Waals surface area contributed by atoms with E-state index in [1.54, 1.807) is 0 Å². The molecule has 0 aromatic carbocycles. The topological polar surface area (TPSA) is 18.5 Å². The zero-order chi connectivity index (χ0) is 14.4. The third kappa shape index (κ3) is 5.31. The van der Waals surface area contributed by atoms with Crippen LogP contribution in [0.4, 0.5) is 0 Å². The number of hydrogen-bond acceptors (Lipinski definition) is 2. The van der Waals surface area contributed by atoms with Crippen LogP contribution in [0.1, 0.15) is 72.6 Å². The average molecular weight is 266 g/mol. The lowest BCUT2D eigenvalue weighted by molar-refractivity contribution is 0.00578. The highest BCUT2D eigenvalue weighted by Gasteiger charge is 2.50. The van der Waals surface area contributed by atoms with Crippen molar-refractivity contribution in [2.24, 2.45) is 0 Å². The summed E-state index contributed by atoms with van der Waals surface area (Å²) < 4.78 is 12.0. The van der Waals surface area contributed by atoms with E-state index < -0.39 is 0 Å². The molecular formula is C16H31BO2. The zero-order valence-electron chi connectivity index (χ0n) is 13.3. The van der Waals surface area contributed by atoms with Crippen LogP contribution in [0.3, 0.4) is 0 Å². The van der Waals surface area contributed by atoms with Crippen molar-refractivity contribution in [1.82, 2.24) is 0 Å². The smallest absolute Gasteiger partial charge is 0.403 e. The zero-order valence-corrected chi connectivity index (χ0v) is 13.3. The highest BCUT2D eigenvalue weighted by atomic mass is 16.7. The molecule has 0 bridgehead atoms. The average Bonchev–Trinajstić information content (AvgIpc) is 2.51. The van der Waals surface area contributed by atoms with Gasteiger partial charge in [0.1, 0.15) is 0 Å². The van der Waals surface area contributed by atoms with Gasteiger partial charge in [0.15, 0.2) is 0 Å². The Morgan fingerprint density at radius 3 is 1.84 bits per heavy atom. The van der Waals surface area contributed by atoms with E-state index in [-0.39, 0.29) is 18.3 Å². The molecule has 1 fully saturated rings. The molecule has 0 N–H and O–H groups in total. The summed E-state index contributed by atoms with van der Waals surface area (Å²) in [5.74, 6) is 0. The van der Waals surface area contributed by atoms with Crippen molar-refractivity contribution in [3.8, 4) is 0 Å². The normalized spacial score (nSPS) is 20.7. The van der Waals surface area contributed by atoms with Gasteiger partial charge in [-0.25, -0.2) is 0 Å². The van der Waals surface area contributed by atoms with Crippen LogP contribution in [0.15, 0.2) is 12.7 Å². The maximum Gasteiger partial charge on any atom is 0.457 e. The van der Waals surface area contributed by atoms with Crippen LogP contribution in [0.2, 0.25) is 6.32 Å². The Morgan fingerprint density at radius 2 is 1.32 bits per heavy atom. The van der Waals surface area contributed by atoms with Gasteiger partial charge in [-0.05, 0) is 46.9 Å². The molecule has 1 saturated heterocycles. The van der Waals surface area contributed by atoms with Crippen LogP contribution < -0.4 is 0 Å². The molecule has 0 unspecified atom stereocenters. The van der Waals surface area contributed by atoms with Crippen molar-refractivity contribution in [1.29, 1.82) is 0 Å². The lowest BCUT2D eigenvalue weighted by atomic mass is 9.82. The SMILES string of the molecule is C=CCCCCCCCCB1OC(C)(C)C(C)(C)O1. The molecule has 0 saturated carbocycles. The third-order valence-corrected chi connectivity index (χ3v) is 4.40. The van der Waals surface area contributed by atoms with Crippen molar-refractivity contribution >= 4 is 7.12 Å². The van der Waals surface area contributed by atoms with Gasteiger partial charge in [0.25, 0.3) is 0 Å². The standard InChI is InChI=1S/C16H31BO2/c1-6-7-8-9-10-11-12-13-14-17-18-15(2,3)16(4,5)19-17/h6H,1,7-14H2,2-5H3. The van der Waals surface area contributed by atoms with E-state index in [0.29, 0.717) is 0 Å². The van der Waals surface area contributed by atoms with Gasteiger partial charge in [-0.15, -0.1) is 6.58 Å². The molecule has 110 valence electrons. The monoisotopic (exact) mass is 266 g/mol. The van der Waals surface area contributed by atoms with Gasteiger partial charge in [-0.2, -0.15) is 0 Å². The fourth-order valence-corrected chi connectivity index (χ4v) is 2.39. The van der Waals surface area contributed by atoms with Gasteiger partial charge < -0.3 is 9.31 Å². The second-order valence-corrected chi connectivity index (χ2v) is 6.67. The van der Waals surface area contributed by atoms with Crippen molar-refractivity contribution in [3.63, 3.8) is 0 Å². The summed E-state index contributed by atoms with van der Waals surface area (Å²) in [4.78, 5) is 0. The number of hydrogen-bond donors (Lipinski definition) is 0. The maximum atomic E-state index is 5.99. The van der Waals surface area contributed by atoms with E-state index in [4.69, 9.17) is 9.31 Å². The first kappa shape index (κ1) is 16.8. The molecular weight excluding hydrogens is 235 g/mol. The molecule has 0 atom stereocenters. The predicted octanol–water partition coefficient (Wildman–Crippen LogP) is 5.00. The van der Waals surface area contributed by atoms with Crippen LogP contribution in [-0.2, 0) is 9.31 Å². The molecule has 2 nitrogen and oxygen atoms in total. The highest BCUT2D eigenvalue weighted by Crippen LogP contribution is 2.38. The fourth-order valence-electron chi connectivity index (χ4n) is 2.39. The van der Waals surface area contributed by atoms with E-state index >= 15 is 0 Å². The highest BCUT2D eigenvalue weighted by molar-refractivity contribution is 6.45. The van der Waals surface area contributed by atoms with E-state index in [1.165, 1.54) is 38.5 Å². The Labute approximate surface area is 120 Å². The van der Waals surface area contributed by atoms with E-state index in [2.05, 4.69) is 34.3 Å². The predicted molar refractivity (Wildman–Crippen MR) is 83.4 cm³/mol. The molecule has 0 radical (unpaired) electrons. The minimum absolute atomic E-state index is 0.00855. The van der Waals surface area contributed by atoms with Crippen LogP contribution >= 0.6 is 0 Å². The summed E-state index contributed by atoms with van der Waals surface area (Å²) in [7, 11) is -0.00855. The number of unbranched alkanes of at least 4 members (excludes halogenated alkanes) is 6. The van der Waals surface area contributed by atoms with Gasteiger partial charge in [-0.1, -0.05) is 38.2 Å². The lowest BCUT2D eigenvalue weighted by Gasteiger charge is -2.32. The summed E-state index contributed by atoms with van der Waals surface area (Å²) in [6.07, 6.45) is 12.0. The van der Waals surface area contributed by atoms with Crippen molar-refractivity contribution in [2.75, 3.05) is 0 Å². The van der Waals surface area contributed by atoms with Gasteiger partial charge in [-0.3, -0.25) is 0 Å². The Hall–Kier alpha value is -0.275. The number of rotatable bonds is 9. The van der Waals surface area contributed by atoms with Crippen LogP contribution in [0, 0.1) is 0 Å².